The summed E-state index contributed by atoms with van der Waals surface area (Å²) in [5.74, 6) is -0.420. The van der Waals surface area contributed by atoms with Crippen LogP contribution in [-0.2, 0) is 26.0 Å². The Morgan fingerprint density at radius 3 is 2.45 bits per heavy atom. The lowest BCUT2D eigenvalue weighted by Gasteiger charge is -2.24. The molecule has 1 N–H and O–H groups in total. The maximum Gasteiger partial charge on any atom is 0.243 e. The van der Waals surface area contributed by atoms with Crippen LogP contribution in [0.4, 0.5) is 5.69 Å². The van der Waals surface area contributed by atoms with Gasteiger partial charge in [-0.05, 0) is 62.7 Å². The molecule has 0 spiro atoms. The number of hydrogen-bond donors (Lipinski definition) is 1. The fourth-order valence-corrected chi connectivity index (χ4v) is 6.05. The number of carbonyl (C=O) groups excluding carboxylic acids is 2. The highest BCUT2D eigenvalue weighted by atomic mass is 32.2. The van der Waals surface area contributed by atoms with Gasteiger partial charge in [-0.25, -0.2) is 8.42 Å². The summed E-state index contributed by atoms with van der Waals surface area (Å²) in [6, 6.07) is 4.14. The zero-order valence-corrected chi connectivity index (χ0v) is 19.6. The van der Waals surface area contributed by atoms with E-state index in [1.807, 2.05) is 0 Å². The van der Waals surface area contributed by atoms with E-state index in [0.717, 1.165) is 26.1 Å². The van der Waals surface area contributed by atoms with E-state index in [2.05, 4.69) is 10.2 Å². The second-order valence-corrected chi connectivity index (χ2v) is 10.1. The highest BCUT2D eigenvalue weighted by Crippen LogP contribution is 2.34. The lowest BCUT2D eigenvalue weighted by atomic mass is 10.1. The molecule has 1 fully saturated rings. The van der Waals surface area contributed by atoms with Gasteiger partial charge < -0.3 is 10.2 Å². The number of amides is 2. The predicted octanol–water partition coefficient (Wildman–Crippen LogP) is 1.60. The zero-order chi connectivity index (χ0) is 22.6. The van der Waals surface area contributed by atoms with Crippen LogP contribution in [0.15, 0.2) is 23.1 Å². The lowest BCUT2D eigenvalue weighted by molar-refractivity contribution is -0.125. The summed E-state index contributed by atoms with van der Waals surface area (Å²) in [6.45, 7) is 9.60. The van der Waals surface area contributed by atoms with Crippen molar-refractivity contribution >= 4 is 27.5 Å². The third kappa shape index (κ3) is 5.10. The van der Waals surface area contributed by atoms with Crippen molar-refractivity contribution in [2.24, 2.45) is 0 Å². The number of nitrogens with one attached hydrogen (secondary N) is 1. The summed E-state index contributed by atoms with van der Waals surface area (Å²) in [5.41, 5.74) is 1.32. The van der Waals surface area contributed by atoms with E-state index in [1.54, 1.807) is 26.0 Å². The van der Waals surface area contributed by atoms with Gasteiger partial charge in [-0.1, -0.05) is 13.8 Å². The van der Waals surface area contributed by atoms with Gasteiger partial charge in [-0.3, -0.25) is 14.5 Å². The molecular weight excluding hydrogens is 416 g/mol. The average Bonchev–Trinajstić information content (AvgIpc) is 3.38. The molecule has 0 radical (unpaired) electrons. The highest BCUT2D eigenvalue weighted by molar-refractivity contribution is 7.89. The number of likely N-dealkylation sites (tertiary alicyclic amines) is 1. The van der Waals surface area contributed by atoms with Crippen LogP contribution in [0.25, 0.3) is 0 Å². The minimum Gasteiger partial charge on any atom is -0.354 e. The first kappa shape index (κ1) is 23.7. The molecular formula is C22H34N4O4S. The van der Waals surface area contributed by atoms with Crippen molar-refractivity contribution in [2.75, 3.05) is 44.2 Å². The molecule has 1 aromatic rings. The van der Waals surface area contributed by atoms with Crippen molar-refractivity contribution in [3.05, 3.63) is 23.8 Å². The molecule has 3 rings (SSSR count). The molecule has 1 aromatic carbocycles. The first-order valence-electron chi connectivity index (χ1n) is 11.2. The van der Waals surface area contributed by atoms with Gasteiger partial charge in [0.25, 0.3) is 0 Å². The van der Waals surface area contributed by atoms with Crippen LogP contribution < -0.4 is 10.2 Å². The van der Waals surface area contributed by atoms with E-state index >= 15 is 0 Å². The largest absolute Gasteiger partial charge is 0.354 e. The number of carbonyl (C=O) groups is 2. The van der Waals surface area contributed by atoms with Gasteiger partial charge in [-0.15, -0.1) is 0 Å². The molecule has 2 amide bonds. The summed E-state index contributed by atoms with van der Waals surface area (Å²) in [5, 5.41) is 2.96. The van der Waals surface area contributed by atoms with Crippen molar-refractivity contribution in [3.63, 3.8) is 0 Å². The second kappa shape index (κ2) is 10.1. The minimum atomic E-state index is -3.60. The van der Waals surface area contributed by atoms with Gasteiger partial charge >= 0.3 is 0 Å². The molecule has 1 unspecified atom stereocenters. The molecule has 1 saturated heterocycles. The first-order valence-corrected chi connectivity index (χ1v) is 12.7. The molecule has 2 aliphatic heterocycles. The second-order valence-electron chi connectivity index (χ2n) is 8.18. The summed E-state index contributed by atoms with van der Waals surface area (Å²) in [6.07, 6.45) is 3.67. The predicted molar refractivity (Wildman–Crippen MR) is 121 cm³/mol. The third-order valence-electron chi connectivity index (χ3n) is 6.17. The first-order chi connectivity index (χ1) is 14.8. The maximum atomic E-state index is 12.9. The van der Waals surface area contributed by atoms with E-state index < -0.39 is 16.1 Å². The molecule has 9 heteroatoms. The Bertz CT molecular complexity index is 908. The monoisotopic (exact) mass is 450 g/mol. The Morgan fingerprint density at radius 2 is 1.84 bits per heavy atom. The Labute approximate surface area is 185 Å². The third-order valence-corrected chi connectivity index (χ3v) is 8.22. The summed E-state index contributed by atoms with van der Waals surface area (Å²) < 4.78 is 27.1. The van der Waals surface area contributed by atoms with Crippen LogP contribution in [-0.4, -0.2) is 74.7 Å². The SMILES string of the molecule is CCN(CC)S(=O)(=O)c1ccc2c(c1)CC(C(=O)NCCCN1CCCC1)N2C(C)=O. The molecule has 2 aliphatic rings. The number of hydrogen-bond acceptors (Lipinski definition) is 5. The normalized spacial score (nSPS) is 19.1. The summed E-state index contributed by atoms with van der Waals surface area (Å²) in [4.78, 5) is 29.3. The minimum absolute atomic E-state index is 0.194. The van der Waals surface area contributed by atoms with Gasteiger partial charge in [0.15, 0.2) is 0 Å². The number of anilines is 1. The summed E-state index contributed by atoms with van der Waals surface area (Å²) in [7, 11) is -3.60. The van der Waals surface area contributed by atoms with Crippen LogP contribution in [0.5, 0.6) is 0 Å². The van der Waals surface area contributed by atoms with Gasteiger partial charge in [0.2, 0.25) is 21.8 Å². The van der Waals surface area contributed by atoms with E-state index in [-0.39, 0.29) is 16.7 Å². The van der Waals surface area contributed by atoms with Crippen molar-refractivity contribution in [1.29, 1.82) is 0 Å². The maximum absolute atomic E-state index is 12.9. The summed E-state index contributed by atoms with van der Waals surface area (Å²) >= 11 is 0. The standard InChI is InChI=1S/C22H34N4O4S/c1-4-25(5-2)31(29,30)19-9-10-20-18(15-19)16-21(26(20)17(3)27)22(28)23-11-8-14-24-12-6-7-13-24/h9-10,15,21H,4-8,11-14,16H2,1-3H3,(H,23,28). The Balaban J connectivity index is 1.70. The Hall–Kier alpha value is -1.97. The van der Waals surface area contributed by atoms with Crippen LogP contribution >= 0.6 is 0 Å². The number of fused-ring (bicyclic) bond motifs is 1. The Morgan fingerprint density at radius 1 is 1.16 bits per heavy atom. The molecule has 1 atom stereocenters. The Kier molecular flexibility index (Phi) is 7.72. The van der Waals surface area contributed by atoms with Crippen LogP contribution in [0, 0.1) is 0 Å². The van der Waals surface area contributed by atoms with Gasteiger partial charge in [0, 0.05) is 38.7 Å². The van der Waals surface area contributed by atoms with Crippen LogP contribution in [0.2, 0.25) is 0 Å². The molecule has 0 saturated carbocycles. The fraction of sp³-hybridized carbons (Fsp3) is 0.636. The number of sulfonamides is 1. The number of benzene rings is 1. The smallest absolute Gasteiger partial charge is 0.243 e. The number of nitrogens with zero attached hydrogens (tertiary/aromatic N) is 3. The molecule has 0 bridgehead atoms. The molecule has 0 aliphatic carbocycles. The average molecular weight is 451 g/mol. The molecule has 2 heterocycles. The van der Waals surface area contributed by atoms with Crippen molar-refractivity contribution in [2.45, 2.75) is 57.4 Å². The van der Waals surface area contributed by atoms with Gasteiger partial charge in [-0.2, -0.15) is 4.31 Å². The van der Waals surface area contributed by atoms with E-state index in [1.165, 1.54) is 35.0 Å². The highest BCUT2D eigenvalue weighted by Gasteiger charge is 2.37. The lowest BCUT2D eigenvalue weighted by Crippen LogP contribution is -2.47. The van der Waals surface area contributed by atoms with Crippen molar-refractivity contribution in [1.82, 2.24) is 14.5 Å². The van der Waals surface area contributed by atoms with Crippen molar-refractivity contribution < 1.29 is 18.0 Å². The zero-order valence-electron chi connectivity index (χ0n) is 18.8. The van der Waals surface area contributed by atoms with Gasteiger partial charge in [0.1, 0.15) is 6.04 Å². The fourth-order valence-electron chi connectivity index (χ4n) is 4.54. The van der Waals surface area contributed by atoms with Crippen LogP contribution in [0.3, 0.4) is 0 Å². The van der Waals surface area contributed by atoms with Gasteiger partial charge in [0.05, 0.1) is 4.90 Å². The molecule has 8 nitrogen and oxygen atoms in total. The molecule has 172 valence electrons. The van der Waals surface area contributed by atoms with Crippen LogP contribution in [0.1, 0.15) is 45.6 Å². The quantitative estimate of drug-likeness (QED) is 0.577. The van der Waals surface area contributed by atoms with E-state index in [4.69, 9.17) is 0 Å². The number of rotatable bonds is 9. The van der Waals surface area contributed by atoms with E-state index in [0.29, 0.717) is 37.3 Å². The van der Waals surface area contributed by atoms with E-state index in [9.17, 15) is 18.0 Å². The van der Waals surface area contributed by atoms with Crippen molar-refractivity contribution in [3.8, 4) is 0 Å². The molecule has 31 heavy (non-hydrogen) atoms. The topological polar surface area (TPSA) is 90.0 Å². The molecule has 0 aromatic heterocycles.